The maximum atomic E-state index is 9.82. The maximum Gasteiger partial charge on any atom is 0.161 e. The van der Waals surface area contributed by atoms with E-state index in [4.69, 9.17) is 9.47 Å². The number of rotatable bonds is 6. The lowest BCUT2D eigenvalue weighted by atomic mass is 9.67. The zero-order valence-corrected chi connectivity index (χ0v) is 14.1. The van der Waals surface area contributed by atoms with E-state index >= 15 is 0 Å². The fraction of sp³-hybridized carbons (Fsp3) is 0.632. The van der Waals surface area contributed by atoms with Crippen molar-refractivity contribution in [3.8, 4) is 17.6 Å². The van der Waals surface area contributed by atoms with Crippen molar-refractivity contribution in [2.75, 3.05) is 13.7 Å². The van der Waals surface area contributed by atoms with Gasteiger partial charge in [-0.05, 0) is 62.1 Å². The third-order valence-electron chi connectivity index (χ3n) is 5.41. The molecule has 0 radical (unpaired) electrons. The maximum absolute atomic E-state index is 9.82. The average Bonchev–Trinajstić information content (AvgIpc) is 3.44. The summed E-state index contributed by atoms with van der Waals surface area (Å²) in [6.07, 6.45) is 3.66. The molecule has 2 saturated carbocycles. The molecule has 1 aromatic carbocycles. The molecule has 0 unspecified atom stereocenters. The fourth-order valence-corrected chi connectivity index (χ4v) is 3.48. The summed E-state index contributed by atoms with van der Waals surface area (Å²) < 4.78 is 11.3. The van der Waals surface area contributed by atoms with Crippen molar-refractivity contribution in [2.24, 2.45) is 11.8 Å². The molecule has 24 heavy (non-hydrogen) atoms. The minimum absolute atomic E-state index is 0.143. The lowest BCUT2D eigenvalue weighted by Gasteiger charge is -2.36. The van der Waals surface area contributed by atoms with Crippen LogP contribution in [0, 0.1) is 23.2 Å². The molecular weight excluding hydrogens is 306 g/mol. The predicted octanol–water partition coefficient (Wildman–Crippen LogP) is 2.75. The summed E-state index contributed by atoms with van der Waals surface area (Å²) in [5.41, 5.74) is 0.345. The molecule has 2 aliphatic rings. The second-order valence-electron chi connectivity index (χ2n) is 7.06. The van der Waals surface area contributed by atoms with Gasteiger partial charge in [-0.1, -0.05) is 6.07 Å². The van der Waals surface area contributed by atoms with Crippen LogP contribution in [0.25, 0.3) is 0 Å². The summed E-state index contributed by atoms with van der Waals surface area (Å²) in [4.78, 5) is 0. The number of methoxy groups -OCH3 is 1. The van der Waals surface area contributed by atoms with Crippen LogP contribution in [-0.2, 0) is 5.41 Å². The largest absolute Gasteiger partial charge is 0.493 e. The van der Waals surface area contributed by atoms with E-state index in [1.165, 1.54) is 12.8 Å². The Morgan fingerprint density at radius 2 is 1.92 bits per heavy atom. The molecule has 0 aliphatic heterocycles. The highest BCUT2D eigenvalue weighted by Crippen LogP contribution is 2.44. The number of aliphatic hydroxyl groups is 2. The van der Waals surface area contributed by atoms with Gasteiger partial charge in [0.2, 0.25) is 0 Å². The molecule has 1 aromatic rings. The van der Waals surface area contributed by atoms with Crippen LogP contribution in [-0.4, -0.2) is 30.2 Å². The molecule has 0 saturated heterocycles. The van der Waals surface area contributed by atoms with Crippen molar-refractivity contribution in [3.63, 3.8) is 0 Å². The molecule has 0 bridgehead atoms. The van der Waals surface area contributed by atoms with E-state index in [0.29, 0.717) is 49.7 Å². The van der Waals surface area contributed by atoms with Crippen LogP contribution in [0.15, 0.2) is 18.2 Å². The van der Waals surface area contributed by atoms with E-state index < -0.39 is 11.7 Å². The summed E-state index contributed by atoms with van der Waals surface area (Å²) in [5.74, 6) is 1.88. The van der Waals surface area contributed by atoms with Gasteiger partial charge in [-0.25, -0.2) is 0 Å². The Kier molecular flexibility index (Phi) is 4.98. The third kappa shape index (κ3) is 3.50. The lowest BCUT2D eigenvalue weighted by molar-refractivity contribution is -0.0956. The van der Waals surface area contributed by atoms with Crippen LogP contribution in [0.5, 0.6) is 11.5 Å². The van der Waals surface area contributed by atoms with Crippen molar-refractivity contribution < 1.29 is 19.7 Å². The highest BCUT2D eigenvalue weighted by Gasteiger charge is 2.39. The average molecular weight is 331 g/mol. The monoisotopic (exact) mass is 331 g/mol. The number of aliphatic hydroxyl groups excluding tert-OH is 1. The van der Waals surface area contributed by atoms with Crippen molar-refractivity contribution in [1.82, 2.24) is 0 Å². The van der Waals surface area contributed by atoms with Gasteiger partial charge in [0.15, 0.2) is 17.8 Å². The van der Waals surface area contributed by atoms with Gasteiger partial charge in [-0.2, -0.15) is 5.26 Å². The van der Waals surface area contributed by atoms with E-state index in [2.05, 4.69) is 6.07 Å². The molecular formula is C19H25NO4. The first-order chi connectivity index (χ1) is 11.6. The number of nitrogens with zero attached hydrogens (tertiary/aromatic N) is 1. The molecule has 2 aliphatic carbocycles. The van der Waals surface area contributed by atoms with Crippen molar-refractivity contribution in [3.05, 3.63) is 23.8 Å². The first-order valence-corrected chi connectivity index (χ1v) is 8.66. The molecule has 2 N–H and O–H groups in total. The van der Waals surface area contributed by atoms with Gasteiger partial charge >= 0.3 is 0 Å². The van der Waals surface area contributed by atoms with E-state index in [1.807, 2.05) is 18.2 Å². The van der Waals surface area contributed by atoms with Gasteiger partial charge in [0.25, 0.3) is 0 Å². The summed E-state index contributed by atoms with van der Waals surface area (Å²) in [5, 5.41) is 28.6. The van der Waals surface area contributed by atoms with Crippen molar-refractivity contribution >= 4 is 0 Å². The Balaban J connectivity index is 1.81. The Hall–Kier alpha value is -1.77. The smallest absolute Gasteiger partial charge is 0.161 e. The lowest BCUT2D eigenvalue weighted by Crippen LogP contribution is -2.34. The highest BCUT2D eigenvalue weighted by atomic mass is 16.5. The molecule has 0 amide bonds. The molecule has 0 aromatic heterocycles. The number of hydrogen-bond donors (Lipinski definition) is 2. The van der Waals surface area contributed by atoms with E-state index in [0.717, 1.165) is 5.56 Å². The molecule has 130 valence electrons. The number of nitriles is 1. The molecule has 3 rings (SSSR count). The van der Waals surface area contributed by atoms with Gasteiger partial charge in [0, 0.05) is 5.92 Å². The molecule has 5 heteroatoms. The normalized spacial score (nSPS) is 26.9. The molecule has 2 fully saturated rings. The van der Waals surface area contributed by atoms with Crippen molar-refractivity contribution in [2.45, 2.75) is 50.2 Å². The van der Waals surface area contributed by atoms with Gasteiger partial charge in [-0.3, -0.25) is 0 Å². The highest BCUT2D eigenvalue weighted by molar-refractivity contribution is 5.47. The van der Waals surface area contributed by atoms with Crippen LogP contribution in [0.4, 0.5) is 0 Å². The summed E-state index contributed by atoms with van der Waals surface area (Å²) in [6, 6.07) is 8.20. The first-order valence-electron chi connectivity index (χ1n) is 8.66. The van der Waals surface area contributed by atoms with Gasteiger partial charge in [0.1, 0.15) is 0 Å². The Bertz CT molecular complexity index is 610. The number of ether oxygens (including phenoxy) is 2. The summed E-state index contributed by atoms with van der Waals surface area (Å²) in [6.45, 7) is 0.693. The summed E-state index contributed by atoms with van der Waals surface area (Å²) >= 11 is 0. The fourth-order valence-electron chi connectivity index (χ4n) is 3.48. The van der Waals surface area contributed by atoms with Crippen LogP contribution >= 0.6 is 0 Å². The minimum atomic E-state index is -1.30. The zero-order valence-electron chi connectivity index (χ0n) is 14.1. The Morgan fingerprint density at radius 3 is 2.46 bits per heavy atom. The van der Waals surface area contributed by atoms with Crippen LogP contribution < -0.4 is 9.47 Å². The van der Waals surface area contributed by atoms with Crippen LogP contribution in [0.2, 0.25) is 0 Å². The molecule has 5 nitrogen and oxygen atoms in total. The Labute approximate surface area is 142 Å². The quantitative estimate of drug-likeness (QED) is 0.783. The van der Waals surface area contributed by atoms with E-state index in [1.54, 1.807) is 7.11 Å². The SMILES string of the molecule is COc1ccc(C2(C#N)CCC(C(O)O)CC2)cc1OCC1CC1. The minimum Gasteiger partial charge on any atom is -0.493 e. The van der Waals surface area contributed by atoms with Crippen LogP contribution in [0.3, 0.4) is 0 Å². The number of benzene rings is 1. The second-order valence-corrected chi connectivity index (χ2v) is 7.06. The van der Waals surface area contributed by atoms with Gasteiger partial charge in [0.05, 0.1) is 25.2 Å². The standard InChI is InChI=1S/C19H25NO4/c1-23-16-5-4-15(10-17(16)24-11-13-2-3-13)19(12-20)8-6-14(7-9-19)18(21)22/h4-5,10,13-14,18,21-22H,2-3,6-9,11H2,1H3. The zero-order chi connectivity index (χ0) is 17.2. The first kappa shape index (κ1) is 17.1. The van der Waals surface area contributed by atoms with E-state index in [9.17, 15) is 15.5 Å². The second kappa shape index (κ2) is 7.00. The van der Waals surface area contributed by atoms with Gasteiger partial charge in [-0.15, -0.1) is 0 Å². The molecule has 0 spiro atoms. The van der Waals surface area contributed by atoms with E-state index in [-0.39, 0.29) is 5.92 Å². The molecule has 0 heterocycles. The summed E-state index contributed by atoms with van der Waals surface area (Å²) in [7, 11) is 1.62. The van der Waals surface area contributed by atoms with Crippen LogP contribution in [0.1, 0.15) is 44.1 Å². The molecule has 0 atom stereocenters. The van der Waals surface area contributed by atoms with Crippen molar-refractivity contribution in [1.29, 1.82) is 5.26 Å². The topological polar surface area (TPSA) is 82.7 Å². The predicted molar refractivity (Wildman–Crippen MR) is 88.7 cm³/mol. The van der Waals surface area contributed by atoms with Gasteiger partial charge < -0.3 is 19.7 Å². The number of hydrogen-bond acceptors (Lipinski definition) is 5. The third-order valence-corrected chi connectivity index (χ3v) is 5.41. The Morgan fingerprint density at radius 1 is 1.21 bits per heavy atom.